The molecule has 1 saturated carbocycles. The van der Waals surface area contributed by atoms with Crippen molar-refractivity contribution >= 4 is 0 Å². The third kappa shape index (κ3) is 4.63. The van der Waals surface area contributed by atoms with Gasteiger partial charge in [-0.05, 0) is 44.1 Å². The average Bonchev–Trinajstić information content (AvgIpc) is 3.12. The van der Waals surface area contributed by atoms with E-state index in [9.17, 15) is 10.4 Å². The van der Waals surface area contributed by atoms with Gasteiger partial charge in [0.15, 0.2) is 5.79 Å². The first-order chi connectivity index (χ1) is 12.6. The van der Waals surface area contributed by atoms with Crippen molar-refractivity contribution in [3.8, 4) is 0 Å². The molecule has 146 valence electrons. The van der Waals surface area contributed by atoms with Crippen molar-refractivity contribution in [2.75, 3.05) is 19.8 Å². The largest absolute Gasteiger partial charge is 0.393 e. The predicted octanol–water partition coefficient (Wildman–Crippen LogP) is 3.14. The van der Waals surface area contributed by atoms with Gasteiger partial charge in [0.05, 0.1) is 32.5 Å². The maximum atomic E-state index is 9.87. The lowest BCUT2D eigenvalue weighted by Crippen LogP contribution is -2.50. The van der Waals surface area contributed by atoms with Gasteiger partial charge in [0, 0.05) is 6.42 Å². The van der Waals surface area contributed by atoms with Crippen LogP contribution in [-0.2, 0) is 25.7 Å². The molecule has 6 heteroatoms. The van der Waals surface area contributed by atoms with Crippen LogP contribution in [0.3, 0.4) is 0 Å². The van der Waals surface area contributed by atoms with Gasteiger partial charge >= 0.3 is 0 Å². The Balaban J connectivity index is 1.59. The Labute approximate surface area is 155 Å². The van der Waals surface area contributed by atoms with Crippen LogP contribution in [0.15, 0.2) is 30.3 Å². The minimum Gasteiger partial charge on any atom is -0.393 e. The van der Waals surface area contributed by atoms with Gasteiger partial charge in [-0.3, -0.25) is 5.26 Å². The summed E-state index contributed by atoms with van der Waals surface area (Å²) in [5.41, 5.74) is 0.211. The highest BCUT2D eigenvalue weighted by Gasteiger charge is 2.46. The second kappa shape index (κ2) is 8.78. The quantitative estimate of drug-likeness (QED) is 0.544. The van der Waals surface area contributed by atoms with Crippen LogP contribution in [0, 0.1) is 5.92 Å². The molecule has 1 saturated heterocycles. The Morgan fingerprint density at radius 1 is 1.19 bits per heavy atom. The van der Waals surface area contributed by atoms with Crippen molar-refractivity contribution in [3.05, 3.63) is 35.9 Å². The first-order valence-electron chi connectivity index (χ1n) is 9.46. The fourth-order valence-electron chi connectivity index (χ4n) is 4.07. The van der Waals surface area contributed by atoms with E-state index in [1.54, 1.807) is 0 Å². The number of hydrogen-bond acceptors (Lipinski definition) is 6. The highest BCUT2D eigenvalue weighted by atomic mass is 17.1. The summed E-state index contributed by atoms with van der Waals surface area (Å²) >= 11 is 0. The molecule has 0 spiro atoms. The Morgan fingerprint density at radius 3 is 2.58 bits per heavy atom. The van der Waals surface area contributed by atoms with Crippen LogP contribution in [0.2, 0.25) is 0 Å². The molecule has 1 aliphatic heterocycles. The molecule has 26 heavy (non-hydrogen) atoms. The summed E-state index contributed by atoms with van der Waals surface area (Å²) in [6, 6.07) is 10.1. The fourth-order valence-corrected chi connectivity index (χ4v) is 4.07. The molecule has 1 unspecified atom stereocenters. The molecule has 6 nitrogen and oxygen atoms in total. The van der Waals surface area contributed by atoms with Crippen LogP contribution >= 0.6 is 0 Å². The minimum atomic E-state index is -0.929. The van der Waals surface area contributed by atoms with E-state index in [-0.39, 0.29) is 18.6 Å². The minimum absolute atomic E-state index is 0.0309. The van der Waals surface area contributed by atoms with Crippen molar-refractivity contribution in [2.45, 2.75) is 63.1 Å². The summed E-state index contributed by atoms with van der Waals surface area (Å²) in [6.07, 6.45) is 3.52. The zero-order chi connectivity index (χ0) is 18.5. The Hall–Kier alpha value is -1.02. The van der Waals surface area contributed by atoms with Crippen molar-refractivity contribution in [1.82, 2.24) is 0 Å². The zero-order valence-corrected chi connectivity index (χ0v) is 15.4. The molecule has 1 aliphatic carbocycles. The maximum absolute atomic E-state index is 9.87. The van der Waals surface area contributed by atoms with E-state index in [0.29, 0.717) is 32.7 Å². The summed E-state index contributed by atoms with van der Waals surface area (Å²) < 4.78 is 17.5. The highest BCUT2D eigenvalue weighted by molar-refractivity contribution is 5.13. The molecule has 3 atom stereocenters. The molecule has 1 heterocycles. The number of hydrogen-bond donors (Lipinski definition) is 2. The van der Waals surface area contributed by atoms with Crippen molar-refractivity contribution < 1.29 is 29.5 Å². The lowest BCUT2D eigenvalue weighted by atomic mass is 9.72. The Morgan fingerprint density at radius 2 is 1.92 bits per heavy atom. The van der Waals surface area contributed by atoms with Crippen molar-refractivity contribution in [3.63, 3.8) is 0 Å². The molecule has 0 aromatic heterocycles. The average molecular weight is 366 g/mol. The van der Waals surface area contributed by atoms with Crippen LogP contribution < -0.4 is 0 Å². The summed E-state index contributed by atoms with van der Waals surface area (Å²) in [5.74, 6) is -0.620. The van der Waals surface area contributed by atoms with Gasteiger partial charge in [-0.2, -0.15) is 0 Å². The second-order valence-electron chi connectivity index (χ2n) is 7.57. The van der Waals surface area contributed by atoms with E-state index >= 15 is 0 Å². The topological polar surface area (TPSA) is 77.4 Å². The number of aliphatic hydroxyl groups excluding tert-OH is 1. The normalized spacial score (nSPS) is 31.2. The summed E-state index contributed by atoms with van der Waals surface area (Å²) in [6.45, 7) is 3.50. The van der Waals surface area contributed by atoms with Crippen LogP contribution in [0.1, 0.15) is 44.6 Å². The second-order valence-corrected chi connectivity index (χ2v) is 7.57. The lowest BCUT2D eigenvalue weighted by molar-refractivity contribution is -0.357. The first-order valence-corrected chi connectivity index (χ1v) is 9.46. The third-order valence-electron chi connectivity index (χ3n) is 5.80. The molecule has 0 bridgehead atoms. The zero-order valence-electron chi connectivity index (χ0n) is 15.4. The summed E-state index contributed by atoms with van der Waals surface area (Å²) in [5, 5.41) is 19.4. The Kier molecular flexibility index (Phi) is 6.66. The summed E-state index contributed by atoms with van der Waals surface area (Å²) in [4.78, 5) is 4.81. The highest BCUT2D eigenvalue weighted by Crippen LogP contribution is 2.42. The van der Waals surface area contributed by atoms with Gasteiger partial charge in [0.25, 0.3) is 0 Å². The van der Waals surface area contributed by atoms with Crippen LogP contribution in [0.25, 0.3) is 0 Å². The van der Waals surface area contributed by atoms with E-state index in [2.05, 4.69) is 0 Å². The number of ether oxygens (including phenoxy) is 3. The first kappa shape index (κ1) is 19.7. The Bertz CT molecular complexity index is 538. The van der Waals surface area contributed by atoms with Gasteiger partial charge in [0.1, 0.15) is 5.60 Å². The van der Waals surface area contributed by atoms with Crippen LogP contribution in [0.5, 0.6) is 0 Å². The predicted molar refractivity (Wildman–Crippen MR) is 95.4 cm³/mol. The van der Waals surface area contributed by atoms with Crippen LogP contribution in [-0.4, -0.2) is 47.7 Å². The van der Waals surface area contributed by atoms with Crippen molar-refractivity contribution in [2.24, 2.45) is 5.92 Å². The van der Waals surface area contributed by atoms with Gasteiger partial charge in [-0.25, -0.2) is 4.89 Å². The number of benzene rings is 1. The molecule has 1 aromatic carbocycles. The standard InChI is InChI=1S/C20H30O6/c1-19(24-11-12-25-19)9-7-17-13-18(8-10-20(17,15-21)26-22)23-14-16-5-3-2-4-6-16/h2-6,17-18,21-22H,7-15H2,1H3/t17-,18+,20?/m0/s1. The van der Waals surface area contributed by atoms with E-state index < -0.39 is 11.4 Å². The summed E-state index contributed by atoms with van der Waals surface area (Å²) in [7, 11) is 0. The molecule has 1 aromatic rings. The van der Waals surface area contributed by atoms with Gasteiger partial charge < -0.3 is 19.3 Å². The van der Waals surface area contributed by atoms with Gasteiger partial charge in [-0.15, -0.1) is 0 Å². The van der Waals surface area contributed by atoms with Gasteiger partial charge in [-0.1, -0.05) is 30.3 Å². The van der Waals surface area contributed by atoms with E-state index in [4.69, 9.17) is 19.1 Å². The molecule has 2 fully saturated rings. The molecule has 3 rings (SSSR count). The monoisotopic (exact) mass is 366 g/mol. The number of aliphatic hydroxyl groups is 1. The fraction of sp³-hybridized carbons (Fsp3) is 0.700. The molecule has 0 radical (unpaired) electrons. The van der Waals surface area contributed by atoms with E-state index in [0.717, 1.165) is 24.8 Å². The molecule has 2 aliphatic rings. The molecular weight excluding hydrogens is 336 g/mol. The third-order valence-corrected chi connectivity index (χ3v) is 5.80. The maximum Gasteiger partial charge on any atom is 0.165 e. The van der Waals surface area contributed by atoms with Gasteiger partial charge in [0.2, 0.25) is 0 Å². The SMILES string of the molecule is CC1(CC[C@H]2C[C@H](OCc3ccccc3)CCC2(CO)OO)OCCO1. The molecular formula is C20H30O6. The van der Waals surface area contributed by atoms with E-state index in [1.807, 2.05) is 37.3 Å². The number of rotatable bonds is 8. The van der Waals surface area contributed by atoms with Crippen molar-refractivity contribution in [1.29, 1.82) is 0 Å². The van der Waals surface area contributed by atoms with E-state index in [1.165, 1.54) is 0 Å². The smallest absolute Gasteiger partial charge is 0.165 e. The molecule has 0 amide bonds. The molecule has 2 N–H and O–H groups in total. The van der Waals surface area contributed by atoms with Crippen LogP contribution in [0.4, 0.5) is 0 Å². The lowest BCUT2D eigenvalue weighted by Gasteiger charge is -2.43.